The van der Waals surface area contributed by atoms with Crippen LogP contribution >= 0.6 is 0 Å². The summed E-state index contributed by atoms with van der Waals surface area (Å²) >= 11 is 0. The van der Waals surface area contributed by atoms with E-state index in [-0.39, 0.29) is 29.5 Å². The van der Waals surface area contributed by atoms with Crippen LogP contribution in [0.2, 0.25) is 0 Å². The molecule has 7 heteroatoms. The largest absolute Gasteiger partial charge is 0.444 e. The molecule has 1 amide bonds. The van der Waals surface area contributed by atoms with Gasteiger partial charge in [-0.15, -0.1) is 0 Å². The van der Waals surface area contributed by atoms with E-state index in [0.29, 0.717) is 29.0 Å². The number of aldehydes is 1. The first-order valence-corrected chi connectivity index (χ1v) is 16.8. The summed E-state index contributed by atoms with van der Waals surface area (Å²) in [5.74, 6) is 1.38. The lowest BCUT2D eigenvalue weighted by Gasteiger charge is -2.55. The van der Waals surface area contributed by atoms with Gasteiger partial charge in [-0.05, 0) is 97.1 Å². The van der Waals surface area contributed by atoms with Gasteiger partial charge in [0.2, 0.25) is 0 Å². The molecule has 4 aliphatic carbocycles. The van der Waals surface area contributed by atoms with E-state index in [1.165, 1.54) is 18.4 Å². The van der Waals surface area contributed by atoms with Crippen molar-refractivity contribution in [1.29, 1.82) is 0 Å². The Morgan fingerprint density at radius 2 is 1.71 bits per heavy atom. The maximum Gasteiger partial charge on any atom is 0.411 e. The molecule has 5 aliphatic rings. The van der Waals surface area contributed by atoms with E-state index in [4.69, 9.17) is 14.2 Å². The summed E-state index contributed by atoms with van der Waals surface area (Å²) < 4.78 is 18.5. The van der Waals surface area contributed by atoms with Gasteiger partial charge < -0.3 is 19.3 Å². The highest BCUT2D eigenvalue weighted by atomic mass is 16.7. The Morgan fingerprint density at radius 3 is 2.42 bits per heavy atom. The smallest absolute Gasteiger partial charge is 0.411 e. The van der Waals surface area contributed by atoms with Crippen LogP contribution in [0.3, 0.4) is 0 Å². The number of anilines is 1. The van der Waals surface area contributed by atoms with Crippen LogP contribution in [0.15, 0.2) is 59.7 Å². The van der Waals surface area contributed by atoms with Gasteiger partial charge in [-0.2, -0.15) is 0 Å². The summed E-state index contributed by atoms with van der Waals surface area (Å²) in [5, 5.41) is 14.0. The van der Waals surface area contributed by atoms with Crippen LogP contribution in [0.1, 0.15) is 99.5 Å². The number of hydrogen-bond acceptors (Lipinski definition) is 6. The lowest BCUT2D eigenvalue weighted by atomic mass is 9.52. The van der Waals surface area contributed by atoms with Gasteiger partial charge in [-0.25, -0.2) is 4.79 Å². The Kier molecular flexibility index (Phi) is 7.94. The van der Waals surface area contributed by atoms with Crippen molar-refractivity contribution in [3.63, 3.8) is 0 Å². The molecule has 2 aromatic rings. The number of ether oxygens (including phenoxy) is 3. The first kappa shape index (κ1) is 30.6. The van der Waals surface area contributed by atoms with Gasteiger partial charge in [0.05, 0.1) is 19.3 Å². The van der Waals surface area contributed by atoms with Crippen molar-refractivity contribution in [1.82, 2.24) is 0 Å². The van der Waals surface area contributed by atoms with E-state index in [9.17, 15) is 14.7 Å². The number of hydrogen-bond donors (Lipinski definition) is 2. The van der Waals surface area contributed by atoms with Crippen LogP contribution in [-0.4, -0.2) is 42.6 Å². The van der Waals surface area contributed by atoms with E-state index < -0.39 is 11.9 Å². The summed E-state index contributed by atoms with van der Waals surface area (Å²) in [5.41, 5.74) is 6.63. The first-order chi connectivity index (χ1) is 21.6. The molecule has 45 heavy (non-hydrogen) atoms. The van der Waals surface area contributed by atoms with Crippen molar-refractivity contribution >= 4 is 18.1 Å². The zero-order valence-corrected chi connectivity index (χ0v) is 26.8. The minimum Gasteiger partial charge on any atom is -0.444 e. The Bertz CT molecular complexity index is 1450. The summed E-state index contributed by atoms with van der Waals surface area (Å²) in [6.45, 7) is 8.43. The second-order valence-corrected chi connectivity index (χ2v) is 15.4. The molecule has 6 unspecified atom stereocenters. The zero-order chi connectivity index (χ0) is 31.4. The number of nitrogens with one attached hydrogen (secondary N) is 1. The van der Waals surface area contributed by atoms with E-state index in [1.807, 2.05) is 0 Å². The van der Waals surface area contributed by atoms with Gasteiger partial charge in [0.25, 0.3) is 0 Å². The highest BCUT2D eigenvalue weighted by Crippen LogP contribution is 2.65. The molecule has 3 saturated carbocycles. The highest BCUT2D eigenvalue weighted by Gasteiger charge is 2.57. The number of aliphatic hydroxyl groups is 1. The first-order valence-electron chi connectivity index (χ1n) is 16.8. The Labute approximate surface area is 266 Å². The Hall–Kier alpha value is -3.00. The minimum absolute atomic E-state index is 0.0645. The minimum atomic E-state index is -0.535. The summed E-state index contributed by atoms with van der Waals surface area (Å²) in [6.07, 6.45) is 8.20. The van der Waals surface area contributed by atoms with Gasteiger partial charge in [0.15, 0.2) is 5.79 Å². The lowest BCUT2D eigenvalue weighted by molar-refractivity contribution is -0.312. The third-order valence-electron chi connectivity index (χ3n) is 11.8. The molecule has 4 fully saturated rings. The fourth-order valence-electron chi connectivity index (χ4n) is 9.29. The number of amides is 1. The molecule has 240 valence electrons. The molecule has 1 spiro atoms. The van der Waals surface area contributed by atoms with Gasteiger partial charge in [0.1, 0.15) is 12.9 Å². The molecule has 0 bridgehead atoms. The number of benzene rings is 2. The Balaban J connectivity index is 1.10. The maximum absolute atomic E-state index is 12.4. The Morgan fingerprint density at radius 1 is 0.978 bits per heavy atom. The maximum atomic E-state index is 12.4. The van der Waals surface area contributed by atoms with Gasteiger partial charge in [-0.3, -0.25) is 10.1 Å². The molecule has 0 radical (unpaired) electrons. The van der Waals surface area contributed by atoms with E-state index in [2.05, 4.69) is 50.4 Å². The highest BCUT2D eigenvalue weighted by molar-refractivity contribution is 5.85. The fraction of sp³-hybridized carbons (Fsp3) is 0.579. The average molecular weight is 614 g/mol. The predicted octanol–water partition coefficient (Wildman–Crippen LogP) is 7.79. The fourth-order valence-corrected chi connectivity index (χ4v) is 9.29. The number of aliphatic hydroxyl groups excluding tert-OH is 1. The van der Waals surface area contributed by atoms with E-state index in [1.54, 1.807) is 35.4 Å². The van der Waals surface area contributed by atoms with Crippen molar-refractivity contribution in [2.75, 3.05) is 18.5 Å². The van der Waals surface area contributed by atoms with Crippen molar-refractivity contribution in [3.8, 4) is 0 Å². The second kappa shape index (κ2) is 11.7. The van der Waals surface area contributed by atoms with Gasteiger partial charge in [-0.1, -0.05) is 56.2 Å². The number of carbonyl (C=O) groups excluding carboxylic acids is 2. The van der Waals surface area contributed by atoms with E-state index in [0.717, 1.165) is 63.6 Å². The lowest BCUT2D eigenvalue weighted by Crippen LogP contribution is -2.52. The van der Waals surface area contributed by atoms with Crippen molar-refractivity contribution < 1.29 is 28.9 Å². The quantitative estimate of drug-likeness (QED) is 0.264. The van der Waals surface area contributed by atoms with Crippen LogP contribution in [0.25, 0.3) is 0 Å². The molecule has 6 atom stereocenters. The molecule has 7 rings (SSSR count). The van der Waals surface area contributed by atoms with Crippen LogP contribution < -0.4 is 5.32 Å². The third kappa shape index (κ3) is 5.77. The van der Waals surface area contributed by atoms with Crippen LogP contribution in [-0.2, 0) is 20.8 Å². The topological polar surface area (TPSA) is 94.1 Å². The molecular weight excluding hydrogens is 566 g/mol. The summed E-state index contributed by atoms with van der Waals surface area (Å²) in [4.78, 5) is 23.3. The number of carbonyl (C=O) groups is 2. The van der Waals surface area contributed by atoms with Gasteiger partial charge in [0, 0.05) is 35.4 Å². The van der Waals surface area contributed by atoms with Crippen LogP contribution in [0.4, 0.5) is 10.5 Å². The SMILES string of the molecule is CC1(C)COC2(CCC3=C4C(c5ccc(COC(=O)Nc6ccc(C=O)cc6)cc5)CC5(C)C(O)CCC5C4CCC3C2)OC1. The van der Waals surface area contributed by atoms with Crippen molar-refractivity contribution in [3.05, 3.63) is 76.4 Å². The summed E-state index contributed by atoms with van der Waals surface area (Å²) in [6, 6.07) is 15.2. The monoisotopic (exact) mass is 613 g/mol. The normalized spacial score (nSPS) is 33.1. The summed E-state index contributed by atoms with van der Waals surface area (Å²) in [7, 11) is 0. The van der Waals surface area contributed by atoms with Gasteiger partial charge >= 0.3 is 6.09 Å². The second-order valence-electron chi connectivity index (χ2n) is 15.4. The third-order valence-corrected chi connectivity index (χ3v) is 11.8. The molecule has 1 saturated heterocycles. The standard InChI is InChI=1S/C38H47NO6/c1-36(2)22-44-38(45-23-36)17-16-29-27(18-38)10-13-30-32-14-15-33(41)37(32,3)19-31(34(29)30)26-8-4-25(5-9-26)21-43-35(42)39-28-11-6-24(20-40)7-12-28/h4-9,11-12,20,27,30-33,41H,10,13-19,21-23H2,1-3H3,(H,39,42). The zero-order valence-electron chi connectivity index (χ0n) is 26.8. The van der Waals surface area contributed by atoms with Crippen LogP contribution in [0, 0.1) is 28.6 Å². The molecule has 1 aliphatic heterocycles. The molecular formula is C38H47NO6. The molecule has 2 aromatic carbocycles. The number of allylic oxidation sites excluding steroid dienone is 2. The van der Waals surface area contributed by atoms with E-state index >= 15 is 0 Å². The molecule has 1 heterocycles. The number of rotatable bonds is 5. The average Bonchev–Trinajstić information content (AvgIpc) is 3.35. The predicted molar refractivity (Wildman–Crippen MR) is 172 cm³/mol. The molecule has 7 nitrogen and oxygen atoms in total. The van der Waals surface area contributed by atoms with Crippen molar-refractivity contribution in [2.45, 2.75) is 96.6 Å². The number of fused-ring (bicyclic) bond motifs is 4. The molecule has 0 aromatic heterocycles. The van der Waals surface area contributed by atoms with Crippen LogP contribution in [0.5, 0.6) is 0 Å². The molecule has 2 N–H and O–H groups in total. The van der Waals surface area contributed by atoms with Crippen molar-refractivity contribution in [2.24, 2.45) is 28.6 Å².